The van der Waals surface area contributed by atoms with E-state index in [1.165, 1.54) is 14.2 Å². The average molecular weight is 328 g/mol. The summed E-state index contributed by atoms with van der Waals surface area (Å²) < 4.78 is 1.22. The molecule has 5 heteroatoms. The SMILES string of the molecule is CCCNC(Cc1ncc[nH]1)c1cc(C)c(Br)s1. The molecule has 1 unspecified atom stereocenters. The normalized spacial score (nSPS) is 12.8. The fourth-order valence-corrected chi connectivity index (χ4v) is 3.50. The summed E-state index contributed by atoms with van der Waals surface area (Å²) in [5, 5.41) is 3.59. The first-order valence-electron chi connectivity index (χ1n) is 6.18. The predicted molar refractivity (Wildman–Crippen MR) is 80.1 cm³/mol. The first-order valence-corrected chi connectivity index (χ1v) is 7.79. The molecule has 0 spiro atoms. The molecule has 1 atom stereocenters. The number of thiophene rings is 1. The Kier molecular flexibility index (Phi) is 4.97. The number of aromatic nitrogens is 2. The summed E-state index contributed by atoms with van der Waals surface area (Å²) in [4.78, 5) is 8.86. The monoisotopic (exact) mass is 327 g/mol. The largest absolute Gasteiger partial charge is 0.349 e. The van der Waals surface area contributed by atoms with Gasteiger partial charge in [-0.1, -0.05) is 6.92 Å². The van der Waals surface area contributed by atoms with E-state index in [4.69, 9.17) is 0 Å². The van der Waals surface area contributed by atoms with Gasteiger partial charge in [0.25, 0.3) is 0 Å². The van der Waals surface area contributed by atoms with Gasteiger partial charge in [-0.3, -0.25) is 0 Å². The molecule has 2 aromatic rings. The Hall–Kier alpha value is -0.650. The van der Waals surface area contributed by atoms with E-state index in [9.17, 15) is 0 Å². The summed E-state index contributed by atoms with van der Waals surface area (Å²) in [5.41, 5.74) is 1.30. The van der Waals surface area contributed by atoms with Gasteiger partial charge in [-0.2, -0.15) is 0 Å². The number of rotatable bonds is 6. The Morgan fingerprint density at radius 2 is 2.39 bits per heavy atom. The van der Waals surface area contributed by atoms with E-state index < -0.39 is 0 Å². The molecule has 2 heterocycles. The maximum Gasteiger partial charge on any atom is 0.107 e. The number of aromatic amines is 1. The van der Waals surface area contributed by atoms with Crippen LogP contribution in [0.5, 0.6) is 0 Å². The van der Waals surface area contributed by atoms with E-state index >= 15 is 0 Å². The zero-order chi connectivity index (χ0) is 13.0. The molecule has 0 aromatic carbocycles. The smallest absolute Gasteiger partial charge is 0.107 e. The van der Waals surface area contributed by atoms with Crippen LogP contribution in [0, 0.1) is 6.92 Å². The van der Waals surface area contributed by atoms with Crippen molar-refractivity contribution >= 4 is 27.3 Å². The number of halogens is 1. The third kappa shape index (κ3) is 3.43. The van der Waals surface area contributed by atoms with E-state index in [1.807, 2.05) is 23.7 Å². The molecule has 98 valence electrons. The molecule has 0 bridgehead atoms. The lowest BCUT2D eigenvalue weighted by Crippen LogP contribution is -2.23. The van der Waals surface area contributed by atoms with Crippen molar-refractivity contribution in [1.29, 1.82) is 0 Å². The molecular formula is C13H18BrN3S. The number of hydrogen-bond donors (Lipinski definition) is 2. The van der Waals surface area contributed by atoms with Crippen molar-refractivity contribution in [3.63, 3.8) is 0 Å². The Balaban J connectivity index is 2.13. The maximum atomic E-state index is 4.32. The second kappa shape index (κ2) is 6.50. The molecule has 2 aromatic heterocycles. The molecule has 0 amide bonds. The highest BCUT2D eigenvalue weighted by atomic mass is 79.9. The number of H-pyrrole nitrogens is 1. The van der Waals surface area contributed by atoms with Crippen molar-refractivity contribution in [3.05, 3.63) is 38.5 Å². The van der Waals surface area contributed by atoms with Crippen molar-refractivity contribution in [2.45, 2.75) is 32.7 Å². The van der Waals surface area contributed by atoms with Crippen LogP contribution in [0.1, 0.15) is 35.7 Å². The zero-order valence-corrected chi connectivity index (χ0v) is 13.1. The van der Waals surface area contributed by atoms with E-state index in [2.05, 4.69) is 51.1 Å². The highest BCUT2D eigenvalue weighted by Gasteiger charge is 2.16. The molecule has 0 fully saturated rings. The van der Waals surface area contributed by atoms with Crippen molar-refractivity contribution in [2.24, 2.45) is 0 Å². The molecule has 18 heavy (non-hydrogen) atoms. The molecular weight excluding hydrogens is 310 g/mol. The third-order valence-electron chi connectivity index (χ3n) is 2.81. The molecule has 0 aliphatic heterocycles. The van der Waals surface area contributed by atoms with E-state index in [0.717, 1.165) is 25.2 Å². The van der Waals surface area contributed by atoms with Gasteiger partial charge in [-0.15, -0.1) is 11.3 Å². The van der Waals surface area contributed by atoms with E-state index in [1.54, 1.807) is 0 Å². The Morgan fingerprint density at radius 3 is 2.94 bits per heavy atom. The Bertz CT molecular complexity index is 459. The second-order valence-corrected chi connectivity index (χ2v) is 6.75. The first-order chi connectivity index (χ1) is 8.70. The number of aryl methyl sites for hydroxylation is 1. The van der Waals surface area contributed by atoms with Gasteiger partial charge in [0.1, 0.15) is 5.82 Å². The Labute approximate surface area is 120 Å². The van der Waals surface area contributed by atoms with Gasteiger partial charge < -0.3 is 10.3 Å². The van der Waals surface area contributed by atoms with Crippen molar-refractivity contribution in [1.82, 2.24) is 15.3 Å². The molecule has 2 rings (SSSR count). The topological polar surface area (TPSA) is 40.7 Å². The van der Waals surface area contributed by atoms with Gasteiger partial charge in [0.05, 0.1) is 3.79 Å². The fraction of sp³-hybridized carbons (Fsp3) is 0.462. The summed E-state index contributed by atoms with van der Waals surface area (Å²) in [6.07, 6.45) is 5.73. The van der Waals surface area contributed by atoms with Gasteiger partial charge in [0.15, 0.2) is 0 Å². The van der Waals surface area contributed by atoms with Crippen LogP contribution < -0.4 is 5.32 Å². The van der Waals surface area contributed by atoms with E-state index in [-0.39, 0.29) is 0 Å². The van der Waals surface area contributed by atoms with Gasteiger partial charge >= 0.3 is 0 Å². The Morgan fingerprint density at radius 1 is 1.56 bits per heavy atom. The van der Waals surface area contributed by atoms with Crippen LogP contribution in [0.2, 0.25) is 0 Å². The second-order valence-electron chi connectivity index (χ2n) is 4.35. The van der Waals surface area contributed by atoms with Crippen LogP contribution in [0.25, 0.3) is 0 Å². The minimum atomic E-state index is 0.339. The standard InChI is InChI=1S/C13H18BrN3S/c1-3-4-15-10(8-12-16-5-6-17-12)11-7-9(2)13(14)18-11/h5-7,10,15H,3-4,8H2,1-2H3,(H,16,17). The molecule has 3 nitrogen and oxygen atoms in total. The summed E-state index contributed by atoms with van der Waals surface area (Å²) in [7, 11) is 0. The van der Waals surface area contributed by atoms with Crippen LogP contribution >= 0.6 is 27.3 Å². The average Bonchev–Trinajstić information content (AvgIpc) is 2.96. The van der Waals surface area contributed by atoms with Gasteiger partial charge in [-0.05, 0) is 47.4 Å². The van der Waals surface area contributed by atoms with Gasteiger partial charge in [-0.25, -0.2) is 4.98 Å². The maximum absolute atomic E-state index is 4.32. The van der Waals surface area contributed by atoms with Crippen molar-refractivity contribution < 1.29 is 0 Å². The van der Waals surface area contributed by atoms with Crippen LogP contribution in [-0.2, 0) is 6.42 Å². The third-order valence-corrected chi connectivity index (χ3v) is 5.06. The summed E-state index contributed by atoms with van der Waals surface area (Å²) in [5.74, 6) is 1.03. The fourth-order valence-electron chi connectivity index (χ4n) is 1.85. The number of hydrogen-bond acceptors (Lipinski definition) is 3. The molecule has 0 saturated carbocycles. The highest BCUT2D eigenvalue weighted by Crippen LogP contribution is 2.32. The van der Waals surface area contributed by atoms with Crippen LogP contribution in [0.15, 0.2) is 22.2 Å². The molecule has 0 aliphatic carbocycles. The minimum Gasteiger partial charge on any atom is -0.349 e. The number of nitrogens with one attached hydrogen (secondary N) is 2. The zero-order valence-electron chi connectivity index (χ0n) is 10.7. The lowest BCUT2D eigenvalue weighted by atomic mass is 10.1. The quantitative estimate of drug-likeness (QED) is 0.846. The van der Waals surface area contributed by atoms with Gasteiger partial charge in [0.2, 0.25) is 0 Å². The summed E-state index contributed by atoms with van der Waals surface area (Å²) in [6, 6.07) is 2.59. The highest BCUT2D eigenvalue weighted by molar-refractivity contribution is 9.11. The van der Waals surface area contributed by atoms with Crippen LogP contribution in [-0.4, -0.2) is 16.5 Å². The summed E-state index contributed by atoms with van der Waals surface area (Å²) in [6.45, 7) is 5.35. The first kappa shape index (κ1) is 13.8. The predicted octanol–water partition coefficient (Wildman–Crippen LogP) is 3.83. The lowest BCUT2D eigenvalue weighted by Gasteiger charge is -2.15. The lowest BCUT2D eigenvalue weighted by molar-refractivity contribution is 0.527. The van der Waals surface area contributed by atoms with Crippen LogP contribution in [0.3, 0.4) is 0 Å². The van der Waals surface area contributed by atoms with E-state index in [0.29, 0.717) is 6.04 Å². The molecule has 0 aliphatic rings. The van der Waals surface area contributed by atoms with Crippen molar-refractivity contribution in [3.8, 4) is 0 Å². The van der Waals surface area contributed by atoms with Crippen molar-refractivity contribution in [2.75, 3.05) is 6.54 Å². The number of nitrogens with zero attached hydrogens (tertiary/aromatic N) is 1. The summed E-state index contributed by atoms with van der Waals surface area (Å²) >= 11 is 5.41. The molecule has 0 saturated heterocycles. The molecule has 2 N–H and O–H groups in total. The van der Waals surface area contributed by atoms with Crippen LogP contribution in [0.4, 0.5) is 0 Å². The minimum absolute atomic E-state index is 0.339. The number of imidazole rings is 1. The molecule has 0 radical (unpaired) electrons. The van der Waals surface area contributed by atoms with Gasteiger partial charge in [0, 0.05) is 29.7 Å².